The molecule has 0 radical (unpaired) electrons. The number of fused-ring (bicyclic) bond motifs is 1. The van der Waals surface area contributed by atoms with Gasteiger partial charge in [0.25, 0.3) is 0 Å². The Morgan fingerprint density at radius 1 is 1.10 bits per heavy atom. The van der Waals surface area contributed by atoms with Crippen LogP contribution in [0.2, 0.25) is 0 Å². The fourth-order valence-corrected chi connectivity index (χ4v) is 1.94. The van der Waals surface area contributed by atoms with E-state index in [9.17, 15) is 0 Å². The molecule has 1 aromatic carbocycles. The van der Waals surface area contributed by atoms with Crippen molar-refractivity contribution < 1.29 is 0 Å². The van der Waals surface area contributed by atoms with Gasteiger partial charge in [0.2, 0.25) is 0 Å². The Hall–Kier alpha value is -2.76. The summed E-state index contributed by atoms with van der Waals surface area (Å²) in [5.74, 6) is 1.33. The van der Waals surface area contributed by atoms with E-state index in [-0.39, 0.29) is 0 Å². The van der Waals surface area contributed by atoms with E-state index in [0.717, 1.165) is 11.3 Å². The highest BCUT2D eigenvalue weighted by atomic mass is 15.1. The van der Waals surface area contributed by atoms with Gasteiger partial charge in [-0.05, 0) is 31.5 Å². The second-order valence-electron chi connectivity index (χ2n) is 4.57. The summed E-state index contributed by atoms with van der Waals surface area (Å²) in [4.78, 5) is 17.0. The van der Waals surface area contributed by atoms with Gasteiger partial charge < -0.3 is 11.1 Å². The maximum absolute atomic E-state index is 5.82. The van der Waals surface area contributed by atoms with E-state index in [0.29, 0.717) is 28.4 Å². The number of benzene rings is 1. The fraction of sp³-hybridized carbons (Fsp3) is 0.143. The largest absolute Gasteiger partial charge is 0.399 e. The average molecular weight is 266 g/mol. The zero-order chi connectivity index (χ0) is 14.1. The maximum Gasteiger partial charge on any atom is 0.160 e. The predicted octanol–water partition coefficient (Wildman–Crippen LogP) is 2.36. The standard InChI is InChI=1S/C14H14N6/c1-8-3-4-10(15)5-11(8)20-14-13-12(17-7-18-14)6-16-9(2)19-13/h3-7H,15H2,1-2H3,(H,17,18,20). The molecule has 0 fully saturated rings. The molecule has 0 saturated heterocycles. The molecule has 0 bridgehead atoms. The van der Waals surface area contributed by atoms with Gasteiger partial charge in [-0.2, -0.15) is 0 Å². The van der Waals surface area contributed by atoms with Crippen LogP contribution in [0.5, 0.6) is 0 Å². The van der Waals surface area contributed by atoms with Gasteiger partial charge in [-0.25, -0.2) is 19.9 Å². The molecule has 0 aliphatic carbocycles. The first-order chi connectivity index (χ1) is 9.63. The minimum Gasteiger partial charge on any atom is -0.399 e. The predicted molar refractivity (Wildman–Crippen MR) is 78.7 cm³/mol. The van der Waals surface area contributed by atoms with E-state index in [1.807, 2.05) is 32.0 Å². The van der Waals surface area contributed by atoms with Crippen molar-refractivity contribution in [1.29, 1.82) is 0 Å². The van der Waals surface area contributed by atoms with Crippen molar-refractivity contribution in [2.45, 2.75) is 13.8 Å². The highest BCUT2D eigenvalue weighted by Crippen LogP contribution is 2.24. The lowest BCUT2D eigenvalue weighted by atomic mass is 10.2. The molecule has 3 N–H and O–H groups in total. The first kappa shape index (κ1) is 12.3. The molecule has 3 rings (SSSR count). The number of nitrogens with one attached hydrogen (secondary N) is 1. The van der Waals surface area contributed by atoms with E-state index in [2.05, 4.69) is 25.3 Å². The van der Waals surface area contributed by atoms with Crippen molar-refractivity contribution >= 4 is 28.2 Å². The van der Waals surface area contributed by atoms with Gasteiger partial charge in [0, 0.05) is 11.4 Å². The van der Waals surface area contributed by atoms with E-state index < -0.39 is 0 Å². The Balaban J connectivity index is 2.10. The molecule has 0 unspecified atom stereocenters. The third kappa shape index (κ3) is 2.23. The van der Waals surface area contributed by atoms with Crippen molar-refractivity contribution in [3.63, 3.8) is 0 Å². The molecule has 0 saturated carbocycles. The van der Waals surface area contributed by atoms with Crippen LogP contribution in [0.15, 0.2) is 30.7 Å². The van der Waals surface area contributed by atoms with Crippen LogP contribution in [0.1, 0.15) is 11.4 Å². The zero-order valence-corrected chi connectivity index (χ0v) is 11.3. The van der Waals surface area contributed by atoms with Gasteiger partial charge in [0.05, 0.1) is 6.20 Å². The molecule has 0 spiro atoms. The van der Waals surface area contributed by atoms with Gasteiger partial charge >= 0.3 is 0 Å². The number of hydrogen-bond acceptors (Lipinski definition) is 6. The van der Waals surface area contributed by atoms with Crippen LogP contribution in [-0.4, -0.2) is 19.9 Å². The van der Waals surface area contributed by atoms with Crippen LogP contribution in [-0.2, 0) is 0 Å². The fourth-order valence-electron chi connectivity index (χ4n) is 1.94. The number of nitrogens with zero attached hydrogens (tertiary/aromatic N) is 4. The summed E-state index contributed by atoms with van der Waals surface area (Å²) in [6, 6.07) is 5.70. The summed E-state index contributed by atoms with van der Waals surface area (Å²) in [5, 5.41) is 3.26. The second-order valence-corrected chi connectivity index (χ2v) is 4.57. The third-order valence-corrected chi connectivity index (χ3v) is 3.01. The van der Waals surface area contributed by atoms with Crippen molar-refractivity contribution in [3.05, 3.63) is 42.1 Å². The first-order valence-electron chi connectivity index (χ1n) is 6.21. The lowest BCUT2D eigenvalue weighted by Gasteiger charge is -2.11. The van der Waals surface area contributed by atoms with Gasteiger partial charge in [0.1, 0.15) is 23.2 Å². The van der Waals surface area contributed by atoms with Crippen LogP contribution in [0.25, 0.3) is 11.0 Å². The molecule has 2 heterocycles. The van der Waals surface area contributed by atoms with Crippen molar-refractivity contribution in [2.75, 3.05) is 11.1 Å². The number of nitrogens with two attached hydrogens (primary N) is 1. The highest BCUT2D eigenvalue weighted by molar-refractivity contribution is 5.86. The number of aromatic nitrogens is 4. The van der Waals surface area contributed by atoms with Gasteiger partial charge in [-0.15, -0.1) is 0 Å². The van der Waals surface area contributed by atoms with E-state index >= 15 is 0 Å². The molecule has 20 heavy (non-hydrogen) atoms. The SMILES string of the molecule is Cc1ncc2ncnc(Nc3cc(N)ccc3C)c2n1. The number of anilines is 3. The summed E-state index contributed by atoms with van der Waals surface area (Å²) < 4.78 is 0. The molecule has 0 aliphatic rings. The number of hydrogen-bond donors (Lipinski definition) is 2. The summed E-state index contributed by atoms with van der Waals surface area (Å²) in [7, 11) is 0. The maximum atomic E-state index is 5.82. The molecule has 0 atom stereocenters. The summed E-state index contributed by atoms with van der Waals surface area (Å²) in [6.45, 7) is 3.84. The lowest BCUT2D eigenvalue weighted by molar-refractivity contribution is 1.07. The summed E-state index contributed by atoms with van der Waals surface area (Å²) in [5.41, 5.74) is 9.90. The smallest absolute Gasteiger partial charge is 0.160 e. The normalized spacial score (nSPS) is 10.7. The number of aryl methyl sites for hydroxylation is 2. The van der Waals surface area contributed by atoms with Crippen molar-refractivity contribution in [3.8, 4) is 0 Å². The Bertz CT molecular complexity index is 784. The molecular formula is C14H14N6. The second kappa shape index (κ2) is 4.73. The van der Waals surface area contributed by atoms with Gasteiger partial charge in [-0.1, -0.05) is 6.07 Å². The van der Waals surface area contributed by atoms with Gasteiger partial charge in [-0.3, -0.25) is 0 Å². The Morgan fingerprint density at radius 3 is 2.80 bits per heavy atom. The number of nitrogen functional groups attached to an aromatic ring is 1. The van der Waals surface area contributed by atoms with Gasteiger partial charge in [0.15, 0.2) is 5.82 Å². The van der Waals surface area contributed by atoms with Crippen molar-refractivity contribution in [1.82, 2.24) is 19.9 Å². The van der Waals surface area contributed by atoms with Crippen molar-refractivity contribution in [2.24, 2.45) is 0 Å². The van der Waals surface area contributed by atoms with Crippen LogP contribution >= 0.6 is 0 Å². The lowest BCUT2D eigenvalue weighted by Crippen LogP contribution is -2.01. The molecule has 3 aromatic rings. The molecule has 0 amide bonds. The van der Waals surface area contributed by atoms with E-state index in [1.54, 1.807) is 6.20 Å². The monoisotopic (exact) mass is 266 g/mol. The highest BCUT2D eigenvalue weighted by Gasteiger charge is 2.08. The van der Waals surface area contributed by atoms with Crippen LogP contribution < -0.4 is 11.1 Å². The van der Waals surface area contributed by atoms with E-state index in [4.69, 9.17) is 5.73 Å². The Labute approximate surface area is 116 Å². The molecule has 6 heteroatoms. The van der Waals surface area contributed by atoms with Crippen LogP contribution in [0.4, 0.5) is 17.2 Å². The third-order valence-electron chi connectivity index (χ3n) is 3.01. The molecular weight excluding hydrogens is 252 g/mol. The Kier molecular flexibility index (Phi) is 2.90. The Morgan fingerprint density at radius 2 is 1.95 bits per heavy atom. The topological polar surface area (TPSA) is 89.6 Å². The summed E-state index contributed by atoms with van der Waals surface area (Å²) in [6.07, 6.45) is 3.18. The summed E-state index contributed by atoms with van der Waals surface area (Å²) >= 11 is 0. The zero-order valence-electron chi connectivity index (χ0n) is 11.3. The van der Waals surface area contributed by atoms with Crippen LogP contribution in [0.3, 0.4) is 0 Å². The van der Waals surface area contributed by atoms with Crippen LogP contribution in [0, 0.1) is 13.8 Å². The van der Waals surface area contributed by atoms with E-state index in [1.165, 1.54) is 6.33 Å². The minimum atomic E-state index is 0.647. The average Bonchev–Trinajstić information content (AvgIpc) is 2.43. The molecule has 0 aliphatic heterocycles. The molecule has 2 aromatic heterocycles. The molecule has 100 valence electrons. The first-order valence-corrected chi connectivity index (χ1v) is 6.21. The molecule has 6 nitrogen and oxygen atoms in total. The quantitative estimate of drug-likeness (QED) is 0.692. The number of rotatable bonds is 2. The minimum absolute atomic E-state index is 0.647.